The zero-order valence-corrected chi connectivity index (χ0v) is 12.1. The summed E-state index contributed by atoms with van der Waals surface area (Å²) in [4.78, 5) is 15.1. The minimum atomic E-state index is -0.296. The van der Waals surface area contributed by atoms with E-state index in [0.29, 0.717) is 5.78 Å². The fourth-order valence-electron chi connectivity index (χ4n) is 3.65. The largest absolute Gasteiger partial charge is 0.297 e. The first-order chi connectivity index (χ1) is 8.84. The smallest absolute Gasteiger partial charge is 0.157 e. The Labute approximate surface area is 121 Å². The molecular formula is C16H22ClNO. The van der Waals surface area contributed by atoms with E-state index in [4.69, 9.17) is 0 Å². The van der Waals surface area contributed by atoms with E-state index < -0.39 is 0 Å². The number of carbonyl (C=O) groups is 1. The second kappa shape index (κ2) is 6.06. The molecule has 1 aliphatic heterocycles. The van der Waals surface area contributed by atoms with Crippen molar-refractivity contribution in [3.05, 3.63) is 35.9 Å². The summed E-state index contributed by atoms with van der Waals surface area (Å²) in [6, 6.07) is 10.4. The van der Waals surface area contributed by atoms with E-state index in [-0.39, 0.29) is 17.9 Å². The van der Waals surface area contributed by atoms with Crippen LogP contribution in [0.15, 0.2) is 30.3 Å². The van der Waals surface area contributed by atoms with Gasteiger partial charge in [0, 0.05) is 6.42 Å². The number of nitrogens with zero attached hydrogens (tertiary/aromatic N) is 1. The molecule has 1 aromatic rings. The topological polar surface area (TPSA) is 20.3 Å². The number of Topliss-reactive ketones (excluding diaryl/α,β-unsaturated/α-hetero) is 1. The molecule has 1 saturated carbocycles. The Morgan fingerprint density at radius 1 is 0.947 bits per heavy atom. The molecule has 1 heterocycles. The predicted molar refractivity (Wildman–Crippen MR) is 79.7 cm³/mol. The molecule has 1 unspecified atom stereocenters. The molecule has 0 spiro atoms. The van der Waals surface area contributed by atoms with Crippen molar-refractivity contribution in [3.63, 3.8) is 0 Å². The van der Waals surface area contributed by atoms with Gasteiger partial charge in [-0.1, -0.05) is 36.8 Å². The number of benzene rings is 1. The summed E-state index contributed by atoms with van der Waals surface area (Å²) in [5.41, 5.74) is 0.923. The molecule has 1 aromatic carbocycles. The van der Waals surface area contributed by atoms with Crippen LogP contribution in [0.4, 0.5) is 0 Å². The lowest BCUT2D eigenvalue weighted by atomic mass is 9.74. The minimum Gasteiger partial charge on any atom is -0.297 e. The van der Waals surface area contributed by atoms with Gasteiger partial charge < -0.3 is 0 Å². The number of rotatable bonds is 2. The maximum Gasteiger partial charge on any atom is 0.157 e. The highest BCUT2D eigenvalue weighted by Gasteiger charge is 2.46. The van der Waals surface area contributed by atoms with Gasteiger partial charge in [0.05, 0.1) is 0 Å². The van der Waals surface area contributed by atoms with Crippen LogP contribution >= 0.6 is 12.4 Å². The third-order valence-electron chi connectivity index (χ3n) is 4.55. The van der Waals surface area contributed by atoms with E-state index in [9.17, 15) is 4.79 Å². The average molecular weight is 280 g/mol. The van der Waals surface area contributed by atoms with Gasteiger partial charge >= 0.3 is 0 Å². The van der Waals surface area contributed by atoms with Crippen molar-refractivity contribution in [2.24, 2.45) is 0 Å². The molecule has 0 amide bonds. The number of likely N-dealkylation sites (tertiary alicyclic amines) is 1. The van der Waals surface area contributed by atoms with E-state index in [1.54, 1.807) is 0 Å². The van der Waals surface area contributed by atoms with Gasteiger partial charge in [0.25, 0.3) is 0 Å². The summed E-state index contributed by atoms with van der Waals surface area (Å²) in [5, 5.41) is 0. The molecule has 3 heteroatoms. The standard InChI is InChI=1S/C16H21NO.ClH/c18-15-10-4-5-11-16(15,17-12-6-7-13-17)14-8-2-1-3-9-14;/h1-3,8-9H,4-7,10-13H2;1H. The number of carbonyl (C=O) groups excluding carboxylic acids is 1. The zero-order valence-electron chi connectivity index (χ0n) is 11.3. The van der Waals surface area contributed by atoms with Crippen LogP contribution in [-0.4, -0.2) is 23.8 Å². The number of ketones is 1. The fourth-order valence-corrected chi connectivity index (χ4v) is 3.65. The molecular weight excluding hydrogens is 258 g/mol. The first-order valence-electron chi connectivity index (χ1n) is 7.18. The molecule has 2 fully saturated rings. The Morgan fingerprint density at radius 3 is 2.26 bits per heavy atom. The summed E-state index contributed by atoms with van der Waals surface area (Å²) in [6.07, 6.45) is 6.49. The lowest BCUT2D eigenvalue weighted by Crippen LogP contribution is -2.52. The van der Waals surface area contributed by atoms with Crippen LogP contribution in [0.1, 0.15) is 44.1 Å². The summed E-state index contributed by atoms with van der Waals surface area (Å²) in [7, 11) is 0. The first-order valence-corrected chi connectivity index (χ1v) is 7.18. The van der Waals surface area contributed by atoms with Crippen molar-refractivity contribution < 1.29 is 4.79 Å². The summed E-state index contributed by atoms with van der Waals surface area (Å²) < 4.78 is 0. The van der Waals surface area contributed by atoms with Crippen molar-refractivity contribution >= 4 is 18.2 Å². The van der Waals surface area contributed by atoms with E-state index in [0.717, 1.165) is 32.4 Å². The molecule has 104 valence electrons. The van der Waals surface area contributed by atoms with Crippen molar-refractivity contribution in [2.45, 2.75) is 44.1 Å². The number of halogens is 1. The summed E-state index contributed by atoms with van der Waals surface area (Å²) in [6.45, 7) is 2.17. The Balaban J connectivity index is 0.00000133. The molecule has 3 rings (SSSR count). The van der Waals surface area contributed by atoms with E-state index >= 15 is 0 Å². The van der Waals surface area contributed by atoms with Crippen molar-refractivity contribution in [1.29, 1.82) is 0 Å². The van der Waals surface area contributed by atoms with Gasteiger partial charge in [0.2, 0.25) is 0 Å². The minimum absolute atomic E-state index is 0. The van der Waals surface area contributed by atoms with Gasteiger partial charge in [-0.15, -0.1) is 12.4 Å². The SMILES string of the molecule is Cl.O=C1CCCCC1(c1ccccc1)N1CCCC1. The maximum absolute atomic E-state index is 12.7. The van der Waals surface area contributed by atoms with Gasteiger partial charge in [0.15, 0.2) is 5.78 Å². The fraction of sp³-hybridized carbons (Fsp3) is 0.562. The molecule has 0 aromatic heterocycles. The molecule has 1 aliphatic carbocycles. The van der Waals surface area contributed by atoms with Gasteiger partial charge in [-0.05, 0) is 44.3 Å². The molecule has 1 saturated heterocycles. The predicted octanol–water partition coefficient (Wildman–Crippen LogP) is 3.54. The molecule has 1 atom stereocenters. The van der Waals surface area contributed by atoms with Crippen LogP contribution in [0.5, 0.6) is 0 Å². The van der Waals surface area contributed by atoms with E-state index in [1.165, 1.54) is 24.8 Å². The van der Waals surface area contributed by atoms with Crippen molar-refractivity contribution in [2.75, 3.05) is 13.1 Å². The van der Waals surface area contributed by atoms with Gasteiger partial charge in [-0.3, -0.25) is 9.69 Å². The van der Waals surface area contributed by atoms with E-state index in [1.807, 2.05) is 6.07 Å². The average Bonchev–Trinajstić information content (AvgIpc) is 2.95. The Morgan fingerprint density at radius 2 is 1.63 bits per heavy atom. The first kappa shape index (κ1) is 14.5. The van der Waals surface area contributed by atoms with Gasteiger partial charge in [0.1, 0.15) is 5.54 Å². The second-order valence-corrected chi connectivity index (χ2v) is 5.55. The second-order valence-electron chi connectivity index (χ2n) is 5.55. The Kier molecular flexibility index (Phi) is 4.64. The molecule has 0 radical (unpaired) electrons. The molecule has 2 nitrogen and oxygen atoms in total. The molecule has 19 heavy (non-hydrogen) atoms. The highest BCUT2D eigenvalue weighted by Crippen LogP contribution is 2.41. The van der Waals surface area contributed by atoms with Crippen LogP contribution in [0.25, 0.3) is 0 Å². The van der Waals surface area contributed by atoms with Crippen molar-refractivity contribution in [3.8, 4) is 0 Å². The maximum atomic E-state index is 12.7. The monoisotopic (exact) mass is 279 g/mol. The summed E-state index contributed by atoms with van der Waals surface area (Å²) >= 11 is 0. The van der Waals surface area contributed by atoms with Gasteiger partial charge in [-0.25, -0.2) is 0 Å². The van der Waals surface area contributed by atoms with E-state index in [2.05, 4.69) is 29.2 Å². The number of hydrogen-bond donors (Lipinski definition) is 0. The normalized spacial score (nSPS) is 28.1. The molecule has 2 aliphatic rings. The number of hydrogen-bond acceptors (Lipinski definition) is 2. The van der Waals surface area contributed by atoms with Crippen LogP contribution in [-0.2, 0) is 10.3 Å². The third kappa shape index (κ3) is 2.44. The Bertz CT molecular complexity index is 428. The summed E-state index contributed by atoms with van der Waals surface area (Å²) in [5.74, 6) is 0.446. The van der Waals surface area contributed by atoms with Crippen LogP contribution < -0.4 is 0 Å². The zero-order chi connectivity index (χ0) is 12.4. The third-order valence-corrected chi connectivity index (χ3v) is 4.55. The Hall–Kier alpha value is -0.860. The van der Waals surface area contributed by atoms with Crippen LogP contribution in [0.2, 0.25) is 0 Å². The van der Waals surface area contributed by atoms with Crippen LogP contribution in [0.3, 0.4) is 0 Å². The van der Waals surface area contributed by atoms with Gasteiger partial charge in [-0.2, -0.15) is 0 Å². The lowest BCUT2D eigenvalue weighted by Gasteiger charge is -2.43. The van der Waals surface area contributed by atoms with Crippen molar-refractivity contribution in [1.82, 2.24) is 4.90 Å². The highest BCUT2D eigenvalue weighted by molar-refractivity contribution is 5.90. The molecule has 0 N–H and O–H groups in total. The highest BCUT2D eigenvalue weighted by atomic mass is 35.5. The quantitative estimate of drug-likeness (QED) is 0.825. The van der Waals surface area contributed by atoms with Crippen LogP contribution in [0, 0.1) is 0 Å². The lowest BCUT2D eigenvalue weighted by molar-refractivity contribution is -0.134. The molecule has 0 bridgehead atoms.